The lowest BCUT2D eigenvalue weighted by Crippen LogP contribution is -1.92. The van der Waals surface area contributed by atoms with Gasteiger partial charge < -0.3 is 0 Å². The minimum atomic E-state index is 0.903. The monoisotopic (exact) mass is 616 g/mol. The number of hydrogen-bond donors (Lipinski definition) is 0. The summed E-state index contributed by atoms with van der Waals surface area (Å²) in [7, 11) is 0. The van der Waals surface area contributed by atoms with Crippen LogP contribution >= 0.6 is 11.3 Å². The van der Waals surface area contributed by atoms with E-state index < -0.39 is 0 Å². The van der Waals surface area contributed by atoms with Gasteiger partial charge in [-0.05, 0) is 48.0 Å². The smallest absolute Gasteiger partial charge is 0.0970 e. The first kappa shape index (κ1) is 26.2. The van der Waals surface area contributed by atoms with Crippen LogP contribution in [0.5, 0.6) is 0 Å². The molecule has 5 heteroatoms. The second-order valence-corrected chi connectivity index (χ2v) is 12.9. The summed E-state index contributed by atoms with van der Waals surface area (Å²) in [6, 6.07) is 44.9. The van der Waals surface area contributed by atoms with Crippen molar-refractivity contribution in [3.8, 4) is 33.6 Å². The number of hydrogen-bond acceptors (Lipinski definition) is 5. The zero-order valence-corrected chi connectivity index (χ0v) is 25.9. The first-order chi connectivity index (χ1) is 23.3. The largest absolute Gasteiger partial charge is 0.256 e. The van der Waals surface area contributed by atoms with E-state index in [1.54, 1.807) is 0 Å². The molecule has 0 amide bonds. The summed E-state index contributed by atoms with van der Waals surface area (Å²) >= 11 is 1.87. The highest BCUT2D eigenvalue weighted by atomic mass is 32.1. The third-order valence-corrected chi connectivity index (χ3v) is 10.4. The van der Waals surface area contributed by atoms with E-state index in [1.165, 1.54) is 30.9 Å². The first-order valence-corrected chi connectivity index (χ1v) is 16.4. The Morgan fingerprint density at radius 3 is 2.19 bits per heavy atom. The molecule has 0 saturated carbocycles. The van der Waals surface area contributed by atoms with Crippen LogP contribution in [0.3, 0.4) is 0 Å². The fourth-order valence-electron chi connectivity index (χ4n) is 7.00. The summed E-state index contributed by atoms with van der Waals surface area (Å²) in [6.45, 7) is 0. The number of rotatable bonds is 3. The lowest BCUT2D eigenvalue weighted by Gasteiger charge is -2.12. The lowest BCUT2D eigenvalue weighted by atomic mass is 9.96. The highest BCUT2D eigenvalue weighted by molar-refractivity contribution is 7.26. The van der Waals surface area contributed by atoms with Gasteiger partial charge in [0.15, 0.2) is 0 Å². The highest BCUT2D eigenvalue weighted by Gasteiger charge is 2.17. The van der Waals surface area contributed by atoms with E-state index in [-0.39, 0.29) is 0 Å². The minimum absolute atomic E-state index is 0.903. The summed E-state index contributed by atoms with van der Waals surface area (Å²) in [5.74, 6) is 0. The molecule has 5 heterocycles. The van der Waals surface area contributed by atoms with Gasteiger partial charge in [0.1, 0.15) is 0 Å². The third-order valence-electron chi connectivity index (χ3n) is 9.17. The Labute approximate surface area is 273 Å². The normalized spacial score (nSPS) is 11.8. The lowest BCUT2D eigenvalue weighted by molar-refractivity contribution is 1.32. The van der Waals surface area contributed by atoms with Crippen LogP contribution in [0.25, 0.3) is 97.3 Å². The van der Waals surface area contributed by atoms with Crippen molar-refractivity contribution in [2.45, 2.75) is 0 Å². The van der Waals surface area contributed by atoms with E-state index in [4.69, 9.17) is 9.97 Å². The van der Waals surface area contributed by atoms with Crippen LogP contribution in [0.4, 0.5) is 0 Å². The number of para-hydroxylation sites is 1. The molecule has 5 aromatic heterocycles. The Bertz CT molecular complexity index is 2850. The highest BCUT2D eigenvalue weighted by Crippen LogP contribution is 2.43. The maximum atomic E-state index is 5.25. The molecule has 0 spiro atoms. The molecule has 47 heavy (non-hydrogen) atoms. The predicted octanol–water partition coefficient (Wildman–Crippen LogP) is 11.2. The van der Waals surface area contributed by atoms with Crippen molar-refractivity contribution in [1.82, 2.24) is 19.9 Å². The molecule has 0 radical (unpaired) electrons. The summed E-state index contributed by atoms with van der Waals surface area (Å²) in [5, 5.41) is 8.34. The molecule has 10 aromatic rings. The fourth-order valence-corrected chi connectivity index (χ4v) is 8.27. The SMILES string of the molecule is c1cc(-c2ccc(-c3cc4cccnc4c4ncccc34)cn2)cc(-c2nc3ccccc3c3c2ccc2c4ccccc4sc23)c1. The van der Waals surface area contributed by atoms with E-state index in [0.29, 0.717) is 0 Å². The number of benzene rings is 5. The number of nitrogens with zero attached hydrogens (tertiary/aromatic N) is 4. The molecular weight excluding hydrogens is 593 g/mol. The van der Waals surface area contributed by atoms with Gasteiger partial charge in [-0.15, -0.1) is 11.3 Å². The molecule has 218 valence electrons. The molecule has 0 atom stereocenters. The third kappa shape index (κ3) is 4.07. The standard InChI is InChI=1S/C42H24N4S/c1-3-14-36-32(12-1)38-33(18-17-31-29-11-2-4-15-37(29)47-42(31)38)39(46-36)26-9-5-8-25(22-26)35-19-16-28(24-45-35)34-23-27-10-6-20-43-40(27)41-30(34)13-7-21-44-41/h1-24H. The molecule has 0 unspecified atom stereocenters. The summed E-state index contributed by atoms with van der Waals surface area (Å²) in [6.07, 6.45) is 5.61. The van der Waals surface area contributed by atoms with Gasteiger partial charge in [0, 0.05) is 82.4 Å². The minimum Gasteiger partial charge on any atom is -0.256 e. The Balaban J connectivity index is 1.12. The number of thiophene rings is 1. The molecule has 0 aliphatic rings. The Morgan fingerprint density at radius 1 is 0.489 bits per heavy atom. The quantitative estimate of drug-likeness (QED) is 0.185. The number of fused-ring (bicyclic) bond motifs is 10. The van der Waals surface area contributed by atoms with Crippen molar-refractivity contribution in [2.75, 3.05) is 0 Å². The molecule has 0 N–H and O–H groups in total. The molecule has 0 fully saturated rings. The average molecular weight is 617 g/mol. The van der Waals surface area contributed by atoms with Gasteiger partial charge in [0.2, 0.25) is 0 Å². The van der Waals surface area contributed by atoms with Crippen LogP contribution in [-0.4, -0.2) is 19.9 Å². The molecule has 0 bridgehead atoms. The molecule has 0 aliphatic heterocycles. The summed E-state index contributed by atoms with van der Waals surface area (Å²) in [5.41, 5.74) is 8.98. The van der Waals surface area contributed by atoms with E-state index in [1.807, 2.05) is 42.1 Å². The topological polar surface area (TPSA) is 51.6 Å². The Kier molecular flexibility index (Phi) is 5.71. The van der Waals surface area contributed by atoms with Crippen molar-refractivity contribution in [2.24, 2.45) is 0 Å². The van der Waals surface area contributed by atoms with Gasteiger partial charge in [-0.25, -0.2) is 4.98 Å². The van der Waals surface area contributed by atoms with Crippen molar-refractivity contribution in [3.63, 3.8) is 0 Å². The maximum absolute atomic E-state index is 5.25. The molecular formula is C42H24N4S. The zero-order valence-electron chi connectivity index (χ0n) is 25.1. The van der Waals surface area contributed by atoms with E-state index >= 15 is 0 Å². The van der Waals surface area contributed by atoms with Crippen LogP contribution in [0.1, 0.15) is 0 Å². The second-order valence-electron chi connectivity index (χ2n) is 11.9. The van der Waals surface area contributed by atoms with Crippen molar-refractivity contribution >= 4 is 75.0 Å². The van der Waals surface area contributed by atoms with Crippen LogP contribution < -0.4 is 0 Å². The van der Waals surface area contributed by atoms with Crippen LogP contribution in [-0.2, 0) is 0 Å². The van der Waals surface area contributed by atoms with Crippen LogP contribution in [0.2, 0.25) is 0 Å². The average Bonchev–Trinajstić information content (AvgIpc) is 3.53. The molecule has 4 nitrogen and oxygen atoms in total. The molecule has 10 rings (SSSR count). The van der Waals surface area contributed by atoms with Crippen molar-refractivity contribution < 1.29 is 0 Å². The van der Waals surface area contributed by atoms with E-state index in [2.05, 4.69) is 125 Å². The fraction of sp³-hybridized carbons (Fsp3) is 0. The Morgan fingerprint density at radius 2 is 1.28 bits per heavy atom. The number of pyridine rings is 4. The van der Waals surface area contributed by atoms with Gasteiger partial charge in [-0.3, -0.25) is 15.0 Å². The van der Waals surface area contributed by atoms with Crippen LogP contribution in [0.15, 0.2) is 146 Å². The van der Waals surface area contributed by atoms with Crippen LogP contribution in [0, 0.1) is 0 Å². The van der Waals surface area contributed by atoms with E-state index in [9.17, 15) is 0 Å². The van der Waals surface area contributed by atoms with Gasteiger partial charge in [-0.1, -0.05) is 84.9 Å². The molecule has 0 saturated heterocycles. The van der Waals surface area contributed by atoms with Gasteiger partial charge in [0.05, 0.1) is 27.9 Å². The van der Waals surface area contributed by atoms with Gasteiger partial charge in [-0.2, -0.15) is 0 Å². The first-order valence-electron chi connectivity index (χ1n) is 15.6. The van der Waals surface area contributed by atoms with Crippen molar-refractivity contribution in [3.05, 3.63) is 146 Å². The van der Waals surface area contributed by atoms with Crippen molar-refractivity contribution in [1.29, 1.82) is 0 Å². The summed E-state index contributed by atoms with van der Waals surface area (Å²) < 4.78 is 2.61. The maximum Gasteiger partial charge on any atom is 0.0970 e. The molecule has 5 aromatic carbocycles. The molecule has 0 aliphatic carbocycles. The number of aromatic nitrogens is 4. The summed E-state index contributed by atoms with van der Waals surface area (Å²) in [4.78, 5) is 19.5. The second kappa shape index (κ2) is 10.2. The van der Waals surface area contributed by atoms with Gasteiger partial charge in [0.25, 0.3) is 0 Å². The predicted molar refractivity (Wildman–Crippen MR) is 197 cm³/mol. The van der Waals surface area contributed by atoms with E-state index in [0.717, 1.165) is 66.4 Å². The van der Waals surface area contributed by atoms with Gasteiger partial charge >= 0.3 is 0 Å². The Hall–Kier alpha value is -6.04. The zero-order chi connectivity index (χ0) is 30.9.